The van der Waals surface area contributed by atoms with E-state index < -0.39 is 0 Å². The molecule has 1 atom stereocenters. The summed E-state index contributed by atoms with van der Waals surface area (Å²) in [6.07, 6.45) is 2.62. The van der Waals surface area contributed by atoms with Crippen LogP contribution in [0.1, 0.15) is 28.3 Å². The van der Waals surface area contributed by atoms with Crippen molar-refractivity contribution in [3.05, 3.63) is 82.0 Å². The van der Waals surface area contributed by atoms with Gasteiger partial charge in [-0.15, -0.1) is 0 Å². The molecule has 7 heteroatoms. The lowest BCUT2D eigenvalue weighted by molar-refractivity contribution is -0.132. The Morgan fingerprint density at radius 2 is 1.78 bits per heavy atom. The SMILES string of the molecule is COc1ccc(CC(=O)N2CCc3cc(OC)c(OC)cc3C2c2ccccc2Cl)cn1. The van der Waals surface area contributed by atoms with E-state index in [1.807, 2.05) is 47.4 Å². The lowest BCUT2D eigenvalue weighted by Crippen LogP contribution is -2.41. The highest BCUT2D eigenvalue weighted by Gasteiger charge is 2.34. The highest BCUT2D eigenvalue weighted by molar-refractivity contribution is 6.31. The molecule has 0 spiro atoms. The van der Waals surface area contributed by atoms with E-state index in [0.717, 1.165) is 22.3 Å². The number of ether oxygens (including phenoxy) is 3. The number of aromatic nitrogens is 1. The molecule has 0 fully saturated rings. The van der Waals surface area contributed by atoms with Gasteiger partial charge in [0.2, 0.25) is 11.8 Å². The van der Waals surface area contributed by atoms with Crippen LogP contribution in [0.15, 0.2) is 54.7 Å². The predicted molar refractivity (Wildman–Crippen MR) is 123 cm³/mol. The summed E-state index contributed by atoms with van der Waals surface area (Å²) in [6.45, 7) is 0.570. The number of benzene rings is 2. The smallest absolute Gasteiger partial charge is 0.227 e. The molecule has 0 saturated carbocycles. The average molecular weight is 453 g/mol. The Morgan fingerprint density at radius 3 is 2.44 bits per heavy atom. The van der Waals surface area contributed by atoms with E-state index in [9.17, 15) is 4.79 Å². The quantitative estimate of drug-likeness (QED) is 0.552. The summed E-state index contributed by atoms with van der Waals surface area (Å²) in [5, 5.41) is 0.615. The molecule has 0 saturated heterocycles. The fraction of sp³-hybridized carbons (Fsp3) is 0.280. The van der Waals surface area contributed by atoms with Gasteiger partial charge in [-0.25, -0.2) is 4.98 Å². The van der Waals surface area contributed by atoms with Crippen LogP contribution in [0.5, 0.6) is 17.4 Å². The summed E-state index contributed by atoms with van der Waals surface area (Å²) in [5.41, 5.74) is 3.81. The average Bonchev–Trinajstić information content (AvgIpc) is 2.83. The van der Waals surface area contributed by atoms with Crippen molar-refractivity contribution < 1.29 is 19.0 Å². The third kappa shape index (κ3) is 4.23. The van der Waals surface area contributed by atoms with Gasteiger partial charge in [-0.2, -0.15) is 0 Å². The summed E-state index contributed by atoms with van der Waals surface area (Å²) >= 11 is 6.60. The van der Waals surface area contributed by atoms with Gasteiger partial charge in [0, 0.05) is 23.8 Å². The Bertz CT molecular complexity index is 1120. The third-order valence-corrected chi connectivity index (χ3v) is 6.10. The van der Waals surface area contributed by atoms with E-state index in [2.05, 4.69) is 4.98 Å². The van der Waals surface area contributed by atoms with Gasteiger partial charge in [0.25, 0.3) is 0 Å². The first-order valence-corrected chi connectivity index (χ1v) is 10.7. The van der Waals surface area contributed by atoms with Gasteiger partial charge in [0.1, 0.15) is 0 Å². The predicted octanol–water partition coefficient (Wildman–Crippen LogP) is 4.48. The fourth-order valence-electron chi connectivity index (χ4n) is 4.16. The molecule has 2 heterocycles. The van der Waals surface area contributed by atoms with Gasteiger partial charge in [-0.05, 0) is 46.9 Å². The Morgan fingerprint density at radius 1 is 1.03 bits per heavy atom. The van der Waals surface area contributed by atoms with Crippen molar-refractivity contribution in [2.75, 3.05) is 27.9 Å². The van der Waals surface area contributed by atoms with E-state index in [1.54, 1.807) is 33.6 Å². The second kappa shape index (κ2) is 9.49. The zero-order valence-corrected chi connectivity index (χ0v) is 19.1. The highest BCUT2D eigenvalue weighted by Crippen LogP contribution is 2.42. The van der Waals surface area contributed by atoms with Crippen molar-refractivity contribution in [1.29, 1.82) is 0 Å². The van der Waals surface area contributed by atoms with Gasteiger partial charge in [-0.3, -0.25) is 4.79 Å². The topological polar surface area (TPSA) is 60.9 Å². The first-order valence-electron chi connectivity index (χ1n) is 10.3. The van der Waals surface area contributed by atoms with Crippen LogP contribution in [0.4, 0.5) is 0 Å². The standard InChI is InChI=1S/C25H25ClN2O4/c1-30-21-13-17-10-11-28(24(29)12-16-8-9-23(32-3)27-15-16)25(19(17)14-22(21)31-2)18-6-4-5-7-20(18)26/h4-9,13-15,25H,10-12H2,1-3H3. The molecule has 1 unspecified atom stereocenters. The third-order valence-electron chi connectivity index (χ3n) is 5.76. The molecule has 1 aliphatic heterocycles. The van der Waals surface area contributed by atoms with Crippen LogP contribution in [-0.2, 0) is 17.6 Å². The van der Waals surface area contributed by atoms with E-state index in [1.165, 1.54) is 0 Å². The lowest BCUT2D eigenvalue weighted by atomic mass is 9.87. The molecule has 166 valence electrons. The number of hydrogen-bond acceptors (Lipinski definition) is 5. The maximum atomic E-state index is 13.5. The van der Waals surface area contributed by atoms with Crippen LogP contribution in [0.3, 0.4) is 0 Å². The number of carbonyl (C=O) groups excluding carboxylic acids is 1. The molecule has 6 nitrogen and oxygen atoms in total. The minimum atomic E-state index is -0.328. The minimum absolute atomic E-state index is 0.00215. The zero-order valence-electron chi connectivity index (χ0n) is 18.3. The summed E-state index contributed by atoms with van der Waals surface area (Å²) in [5.74, 6) is 1.82. The zero-order chi connectivity index (χ0) is 22.7. The van der Waals surface area contributed by atoms with Crippen molar-refractivity contribution >= 4 is 17.5 Å². The Labute approximate surface area is 192 Å². The second-order valence-corrected chi connectivity index (χ2v) is 7.96. The molecule has 0 aliphatic carbocycles. The summed E-state index contributed by atoms with van der Waals surface area (Å²) < 4.78 is 16.2. The molecule has 4 rings (SSSR count). The maximum absolute atomic E-state index is 13.5. The molecular weight excluding hydrogens is 428 g/mol. The normalized spacial score (nSPS) is 15.1. The Hall–Kier alpha value is -3.25. The van der Waals surface area contributed by atoms with Crippen molar-refractivity contribution in [2.45, 2.75) is 18.9 Å². The molecule has 1 aromatic heterocycles. The molecule has 0 bridgehead atoms. The molecule has 1 aliphatic rings. The molecule has 0 radical (unpaired) electrons. The molecule has 0 N–H and O–H groups in total. The number of amides is 1. The number of carbonyl (C=O) groups is 1. The Balaban J connectivity index is 1.75. The molecule has 32 heavy (non-hydrogen) atoms. The number of rotatable bonds is 6. The van der Waals surface area contributed by atoms with Crippen LogP contribution in [0, 0.1) is 0 Å². The monoisotopic (exact) mass is 452 g/mol. The second-order valence-electron chi connectivity index (χ2n) is 7.55. The number of methoxy groups -OCH3 is 3. The lowest BCUT2D eigenvalue weighted by Gasteiger charge is -2.38. The van der Waals surface area contributed by atoms with Crippen molar-refractivity contribution in [2.24, 2.45) is 0 Å². The van der Waals surface area contributed by atoms with Crippen molar-refractivity contribution in [3.63, 3.8) is 0 Å². The summed E-state index contributed by atoms with van der Waals surface area (Å²) in [7, 11) is 4.80. The minimum Gasteiger partial charge on any atom is -0.493 e. The van der Waals surface area contributed by atoms with Crippen LogP contribution in [-0.4, -0.2) is 43.7 Å². The van der Waals surface area contributed by atoms with Crippen LogP contribution < -0.4 is 14.2 Å². The van der Waals surface area contributed by atoms with Crippen LogP contribution in [0.2, 0.25) is 5.02 Å². The highest BCUT2D eigenvalue weighted by atomic mass is 35.5. The first kappa shape index (κ1) is 22.0. The molecule has 1 amide bonds. The Kier molecular flexibility index (Phi) is 6.51. The van der Waals surface area contributed by atoms with E-state index >= 15 is 0 Å². The maximum Gasteiger partial charge on any atom is 0.227 e. The van der Waals surface area contributed by atoms with Crippen molar-refractivity contribution in [1.82, 2.24) is 9.88 Å². The number of hydrogen-bond donors (Lipinski definition) is 0. The number of pyridine rings is 1. The number of nitrogens with zero attached hydrogens (tertiary/aromatic N) is 2. The number of fused-ring (bicyclic) bond motifs is 1. The number of halogens is 1. The molecule has 2 aromatic carbocycles. The van der Waals surface area contributed by atoms with Crippen LogP contribution >= 0.6 is 11.6 Å². The largest absolute Gasteiger partial charge is 0.493 e. The van der Waals surface area contributed by atoms with Crippen LogP contribution in [0.25, 0.3) is 0 Å². The summed E-state index contributed by atoms with van der Waals surface area (Å²) in [4.78, 5) is 19.6. The summed E-state index contributed by atoms with van der Waals surface area (Å²) in [6, 6.07) is 14.9. The molecular formula is C25H25ClN2O4. The van der Waals surface area contributed by atoms with Gasteiger partial charge in [0.15, 0.2) is 11.5 Å². The van der Waals surface area contributed by atoms with E-state index in [4.69, 9.17) is 25.8 Å². The van der Waals surface area contributed by atoms with E-state index in [-0.39, 0.29) is 18.4 Å². The molecule has 3 aromatic rings. The first-order chi connectivity index (χ1) is 15.5. The van der Waals surface area contributed by atoms with Gasteiger partial charge >= 0.3 is 0 Å². The fourth-order valence-corrected chi connectivity index (χ4v) is 4.40. The van der Waals surface area contributed by atoms with Gasteiger partial charge < -0.3 is 19.1 Å². The van der Waals surface area contributed by atoms with Gasteiger partial charge in [-0.1, -0.05) is 35.9 Å². The van der Waals surface area contributed by atoms with Gasteiger partial charge in [0.05, 0.1) is 33.8 Å². The van der Waals surface area contributed by atoms with Crippen molar-refractivity contribution in [3.8, 4) is 17.4 Å². The van der Waals surface area contributed by atoms with E-state index in [0.29, 0.717) is 35.4 Å².